The highest BCUT2D eigenvalue weighted by atomic mass is 35.5. The lowest BCUT2D eigenvalue weighted by molar-refractivity contribution is 0.540. The average Bonchev–Trinajstić information content (AvgIpc) is 1.65. The van der Waals surface area contributed by atoms with Gasteiger partial charge in [-0.15, -0.1) is 0 Å². The van der Waals surface area contributed by atoms with Crippen molar-refractivity contribution in [1.82, 2.24) is 0 Å². The van der Waals surface area contributed by atoms with Crippen LogP contribution in [0, 0.1) is 0 Å². The minimum atomic E-state index is -2.13. The third-order valence-corrected chi connectivity index (χ3v) is 1.70. The number of hydrogen-bond acceptors (Lipinski definition) is 2. The van der Waals surface area contributed by atoms with Gasteiger partial charge in [-0.05, 0) is 11.1 Å². The molecule has 0 amide bonds. The van der Waals surface area contributed by atoms with Crippen molar-refractivity contribution in [1.29, 1.82) is 0 Å². The summed E-state index contributed by atoms with van der Waals surface area (Å²) in [5, 5.41) is 0.125. The molecule has 0 fully saturated rings. The Morgan fingerprint density at radius 1 is 1.88 bits per heavy atom. The van der Waals surface area contributed by atoms with Crippen molar-refractivity contribution in [2.24, 2.45) is 0 Å². The highest BCUT2D eigenvalue weighted by Crippen LogP contribution is 2.02. The molecule has 0 saturated heterocycles. The molecule has 0 aromatic heterocycles. The van der Waals surface area contributed by atoms with Gasteiger partial charge in [0.15, 0.2) is 0 Å². The third-order valence-electron chi connectivity index (χ3n) is 0.374. The highest BCUT2D eigenvalue weighted by Gasteiger charge is 1.87. The average molecular weight is 174 g/mol. The smallest absolute Gasteiger partial charge is 0.0469 e. The Morgan fingerprint density at radius 3 is 2.50 bits per heavy atom. The SMILES string of the molecule is O=S([O-])CC(Cl)=CCl. The first-order valence-corrected chi connectivity index (χ1v) is 3.73. The molecular weight excluding hydrogens is 171 g/mol. The lowest BCUT2D eigenvalue weighted by Gasteiger charge is -1.99. The van der Waals surface area contributed by atoms with Crippen molar-refractivity contribution >= 4 is 34.3 Å². The number of hydrogen-bond donors (Lipinski definition) is 0. The minimum absolute atomic E-state index is 0.125. The summed E-state index contributed by atoms with van der Waals surface area (Å²) in [5.74, 6) is -0.203. The normalized spacial score (nSPS) is 16.1. The second kappa shape index (κ2) is 4.32. The van der Waals surface area contributed by atoms with Gasteiger partial charge in [0.2, 0.25) is 0 Å². The molecule has 0 bridgehead atoms. The first-order chi connectivity index (χ1) is 3.66. The molecule has 48 valence electrons. The fourth-order valence-corrected chi connectivity index (χ4v) is 0.888. The fourth-order valence-electron chi connectivity index (χ4n) is 0.144. The monoisotopic (exact) mass is 173 g/mol. The molecule has 0 saturated carbocycles. The molecule has 0 spiro atoms. The summed E-state index contributed by atoms with van der Waals surface area (Å²) in [6.07, 6.45) is 0. The summed E-state index contributed by atoms with van der Waals surface area (Å²) < 4.78 is 19.6. The summed E-state index contributed by atoms with van der Waals surface area (Å²) >= 11 is 8.09. The fraction of sp³-hybridized carbons (Fsp3) is 0.333. The van der Waals surface area contributed by atoms with Crippen molar-refractivity contribution in [2.75, 3.05) is 5.75 Å². The van der Waals surface area contributed by atoms with Crippen LogP contribution in [0.3, 0.4) is 0 Å². The summed E-state index contributed by atoms with van der Waals surface area (Å²) in [4.78, 5) is 0. The van der Waals surface area contributed by atoms with E-state index in [9.17, 15) is 8.76 Å². The van der Waals surface area contributed by atoms with Crippen LogP contribution in [0.15, 0.2) is 10.6 Å². The van der Waals surface area contributed by atoms with Crippen LogP contribution in [0.1, 0.15) is 0 Å². The summed E-state index contributed by atoms with van der Waals surface area (Å²) in [6, 6.07) is 0. The van der Waals surface area contributed by atoms with Gasteiger partial charge in [0.1, 0.15) is 0 Å². The van der Waals surface area contributed by atoms with Crippen LogP contribution in [-0.2, 0) is 11.1 Å². The van der Waals surface area contributed by atoms with E-state index in [1.165, 1.54) is 0 Å². The predicted molar refractivity (Wildman–Crippen MR) is 33.6 cm³/mol. The van der Waals surface area contributed by atoms with Crippen molar-refractivity contribution < 1.29 is 8.76 Å². The van der Waals surface area contributed by atoms with Gasteiger partial charge in [-0.1, -0.05) is 23.2 Å². The molecule has 0 aromatic carbocycles. The Labute approximate surface area is 59.8 Å². The van der Waals surface area contributed by atoms with Crippen molar-refractivity contribution in [3.8, 4) is 0 Å². The molecule has 0 rings (SSSR count). The van der Waals surface area contributed by atoms with E-state index in [2.05, 4.69) is 0 Å². The van der Waals surface area contributed by atoms with Gasteiger partial charge in [-0.3, -0.25) is 4.21 Å². The topological polar surface area (TPSA) is 40.1 Å². The molecule has 5 heteroatoms. The van der Waals surface area contributed by atoms with E-state index in [4.69, 9.17) is 23.2 Å². The first-order valence-electron chi connectivity index (χ1n) is 1.67. The second-order valence-electron chi connectivity index (χ2n) is 1.00. The molecular formula is C3H3Cl2O2S-. The van der Waals surface area contributed by atoms with Crippen molar-refractivity contribution in [3.63, 3.8) is 0 Å². The third kappa shape index (κ3) is 4.59. The zero-order valence-electron chi connectivity index (χ0n) is 3.77. The van der Waals surface area contributed by atoms with Gasteiger partial charge >= 0.3 is 0 Å². The molecule has 1 atom stereocenters. The van der Waals surface area contributed by atoms with Gasteiger partial charge in [0, 0.05) is 16.3 Å². The molecule has 0 aliphatic rings. The van der Waals surface area contributed by atoms with Crippen LogP contribution in [-0.4, -0.2) is 14.5 Å². The molecule has 1 unspecified atom stereocenters. The Bertz CT molecular complexity index is 122. The van der Waals surface area contributed by atoms with Crippen LogP contribution in [0.25, 0.3) is 0 Å². The van der Waals surface area contributed by atoms with Gasteiger partial charge in [0.25, 0.3) is 0 Å². The van der Waals surface area contributed by atoms with Crippen molar-refractivity contribution in [3.05, 3.63) is 10.6 Å². The second-order valence-corrected chi connectivity index (χ2v) is 2.60. The maximum Gasteiger partial charge on any atom is 0.0469 e. The Morgan fingerprint density at radius 2 is 2.38 bits per heavy atom. The maximum absolute atomic E-state index is 9.78. The van der Waals surface area contributed by atoms with Gasteiger partial charge in [-0.25, -0.2) is 0 Å². The number of halogens is 2. The zero-order chi connectivity index (χ0) is 6.57. The van der Waals surface area contributed by atoms with Crippen LogP contribution >= 0.6 is 23.2 Å². The molecule has 0 aromatic rings. The first kappa shape index (κ1) is 8.43. The van der Waals surface area contributed by atoms with Gasteiger partial charge in [-0.2, -0.15) is 0 Å². The quantitative estimate of drug-likeness (QED) is 0.589. The largest absolute Gasteiger partial charge is 0.772 e. The molecule has 0 aliphatic carbocycles. The van der Waals surface area contributed by atoms with Crippen molar-refractivity contribution in [2.45, 2.75) is 0 Å². The standard InChI is InChI=1S/C3H4Cl2O2S/c4-1-3(5)2-8(6)7/h1H,2H2,(H,6,7)/p-1. The molecule has 8 heavy (non-hydrogen) atoms. The molecule has 0 heterocycles. The zero-order valence-corrected chi connectivity index (χ0v) is 6.09. The Balaban J connectivity index is 3.56. The Hall–Kier alpha value is 0.430. The lowest BCUT2D eigenvalue weighted by atomic mass is 10.7. The predicted octanol–water partition coefficient (Wildman–Crippen LogP) is 1.18. The maximum atomic E-state index is 9.78. The molecule has 2 nitrogen and oxygen atoms in total. The summed E-state index contributed by atoms with van der Waals surface area (Å²) in [5.41, 5.74) is 1.03. The summed E-state index contributed by atoms with van der Waals surface area (Å²) in [6.45, 7) is 0. The van der Waals surface area contributed by atoms with Crippen LogP contribution < -0.4 is 0 Å². The highest BCUT2D eigenvalue weighted by molar-refractivity contribution is 7.79. The van der Waals surface area contributed by atoms with Crippen LogP contribution in [0.5, 0.6) is 0 Å². The number of rotatable bonds is 2. The van der Waals surface area contributed by atoms with E-state index in [1.54, 1.807) is 0 Å². The summed E-state index contributed by atoms with van der Waals surface area (Å²) in [7, 11) is 0. The van der Waals surface area contributed by atoms with E-state index in [0.29, 0.717) is 0 Å². The van der Waals surface area contributed by atoms with E-state index >= 15 is 0 Å². The van der Waals surface area contributed by atoms with E-state index in [0.717, 1.165) is 5.54 Å². The molecule has 0 aliphatic heterocycles. The van der Waals surface area contributed by atoms with Gasteiger partial charge in [0.05, 0.1) is 0 Å². The Kier molecular flexibility index (Phi) is 4.56. The molecule has 0 N–H and O–H groups in total. The van der Waals surface area contributed by atoms with E-state index in [1.807, 2.05) is 0 Å². The van der Waals surface area contributed by atoms with Crippen LogP contribution in [0.2, 0.25) is 0 Å². The lowest BCUT2D eigenvalue weighted by Crippen LogP contribution is -1.93. The van der Waals surface area contributed by atoms with E-state index < -0.39 is 11.1 Å². The minimum Gasteiger partial charge on any atom is -0.772 e. The van der Waals surface area contributed by atoms with E-state index in [-0.39, 0.29) is 10.8 Å². The van der Waals surface area contributed by atoms with Gasteiger partial charge < -0.3 is 4.55 Å². The molecule has 0 radical (unpaired) electrons. The van der Waals surface area contributed by atoms with Crippen LogP contribution in [0.4, 0.5) is 0 Å².